The first-order chi connectivity index (χ1) is 8.66. The second-order valence-electron chi connectivity index (χ2n) is 4.41. The zero-order chi connectivity index (χ0) is 13.0. The Morgan fingerprint density at radius 2 is 2.00 bits per heavy atom. The average molecular weight is 252 g/mol. The number of nitro groups is 1. The predicted octanol–water partition coefficient (Wildman–Crippen LogP) is 2.07. The van der Waals surface area contributed by atoms with Gasteiger partial charge >= 0.3 is 5.69 Å². The molecule has 1 heterocycles. The van der Waals surface area contributed by atoms with Crippen molar-refractivity contribution < 1.29 is 9.66 Å². The van der Waals surface area contributed by atoms with Gasteiger partial charge in [0.2, 0.25) is 5.95 Å². The van der Waals surface area contributed by atoms with Gasteiger partial charge in [0.15, 0.2) is 0 Å². The standard InChI is InChI=1S/C11H16N4O3/c12-11-13-7-9(15(16)17)10(14-11)18-8-5-3-1-2-4-6-8/h7-8H,1-6H2,(H2,12,13,14). The Balaban J connectivity index is 2.15. The number of anilines is 1. The van der Waals surface area contributed by atoms with Gasteiger partial charge in [-0.3, -0.25) is 10.1 Å². The summed E-state index contributed by atoms with van der Waals surface area (Å²) >= 11 is 0. The molecule has 98 valence electrons. The van der Waals surface area contributed by atoms with Gasteiger partial charge in [-0.05, 0) is 25.7 Å². The number of rotatable bonds is 3. The summed E-state index contributed by atoms with van der Waals surface area (Å²) in [5.74, 6) is -0.0244. The van der Waals surface area contributed by atoms with Crippen LogP contribution in [0.15, 0.2) is 6.20 Å². The van der Waals surface area contributed by atoms with Crippen molar-refractivity contribution in [1.29, 1.82) is 0 Å². The zero-order valence-corrected chi connectivity index (χ0v) is 10.0. The van der Waals surface area contributed by atoms with Gasteiger partial charge in [0.05, 0.1) is 4.92 Å². The third-order valence-electron chi connectivity index (χ3n) is 3.03. The van der Waals surface area contributed by atoms with Crippen molar-refractivity contribution in [3.05, 3.63) is 16.3 Å². The lowest BCUT2D eigenvalue weighted by atomic mass is 10.1. The maximum atomic E-state index is 10.8. The van der Waals surface area contributed by atoms with Crippen LogP contribution in [0.3, 0.4) is 0 Å². The average Bonchev–Trinajstić information content (AvgIpc) is 2.57. The van der Waals surface area contributed by atoms with Crippen LogP contribution in [0, 0.1) is 10.1 Å². The molecule has 0 unspecified atom stereocenters. The van der Waals surface area contributed by atoms with Crippen molar-refractivity contribution >= 4 is 11.6 Å². The van der Waals surface area contributed by atoms with Crippen LogP contribution in [0.4, 0.5) is 11.6 Å². The van der Waals surface area contributed by atoms with Crippen LogP contribution in [0.5, 0.6) is 5.88 Å². The summed E-state index contributed by atoms with van der Waals surface area (Å²) in [5.41, 5.74) is 5.21. The number of nitrogens with two attached hydrogens (primary N) is 1. The maximum absolute atomic E-state index is 10.8. The van der Waals surface area contributed by atoms with E-state index in [-0.39, 0.29) is 23.6 Å². The third-order valence-corrected chi connectivity index (χ3v) is 3.03. The third kappa shape index (κ3) is 3.06. The van der Waals surface area contributed by atoms with Gasteiger partial charge < -0.3 is 10.5 Å². The lowest BCUT2D eigenvalue weighted by molar-refractivity contribution is -0.386. The number of aromatic nitrogens is 2. The van der Waals surface area contributed by atoms with E-state index in [0.717, 1.165) is 31.9 Å². The minimum Gasteiger partial charge on any atom is -0.469 e. The molecule has 0 aromatic carbocycles. The molecule has 7 heteroatoms. The monoisotopic (exact) mass is 252 g/mol. The highest BCUT2D eigenvalue weighted by Crippen LogP contribution is 2.28. The molecule has 0 atom stereocenters. The fraction of sp³-hybridized carbons (Fsp3) is 0.636. The van der Waals surface area contributed by atoms with Gasteiger partial charge in [-0.25, -0.2) is 4.98 Å². The summed E-state index contributed by atoms with van der Waals surface area (Å²) in [5, 5.41) is 10.8. The van der Waals surface area contributed by atoms with Crippen molar-refractivity contribution in [2.75, 3.05) is 5.73 Å². The molecule has 0 saturated heterocycles. The SMILES string of the molecule is Nc1ncc([N+](=O)[O-])c(OC2CCCCCC2)n1. The zero-order valence-electron chi connectivity index (χ0n) is 10.0. The molecule has 1 fully saturated rings. The van der Waals surface area contributed by atoms with Gasteiger partial charge in [-0.2, -0.15) is 4.98 Å². The van der Waals surface area contributed by atoms with Crippen molar-refractivity contribution in [1.82, 2.24) is 9.97 Å². The van der Waals surface area contributed by atoms with E-state index >= 15 is 0 Å². The summed E-state index contributed by atoms with van der Waals surface area (Å²) < 4.78 is 5.64. The molecule has 0 spiro atoms. The summed E-state index contributed by atoms with van der Waals surface area (Å²) in [7, 11) is 0. The summed E-state index contributed by atoms with van der Waals surface area (Å²) in [6, 6.07) is 0. The second kappa shape index (κ2) is 5.61. The molecule has 2 N–H and O–H groups in total. The molecule has 2 rings (SSSR count). The van der Waals surface area contributed by atoms with Crippen molar-refractivity contribution in [3.8, 4) is 5.88 Å². The quantitative estimate of drug-likeness (QED) is 0.501. The number of hydrogen-bond donors (Lipinski definition) is 1. The molecular weight excluding hydrogens is 236 g/mol. The molecule has 1 aliphatic rings. The number of nitrogens with zero attached hydrogens (tertiary/aromatic N) is 3. The van der Waals surface area contributed by atoms with Gasteiger partial charge in [0.25, 0.3) is 5.88 Å². The molecule has 0 bridgehead atoms. The Morgan fingerprint density at radius 1 is 1.33 bits per heavy atom. The van der Waals surface area contributed by atoms with E-state index in [1.165, 1.54) is 12.8 Å². The van der Waals surface area contributed by atoms with E-state index in [0.29, 0.717) is 0 Å². The number of ether oxygens (including phenoxy) is 1. The van der Waals surface area contributed by atoms with Crippen molar-refractivity contribution in [2.24, 2.45) is 0 Å². The van der Waals surface area contributed by atoms with E-state index < -0.39 is 4.92 Å². The lowest BCUT2D eigenvalue weighted by Gasteiger charge is -2.15. The van der Waals surface area contributed by atoms with Crippen LogP contribution >= 0.6 is 0 Å². The highest BCUT2D eigenvalue weighted by molar-refractivity contribution is 5.41. The topological polar surface area (TPSA) is 104 Å². The van der Waals surface area contributed by atoms with E-state index in [1.807, 2.05) is 0 Å². The molecule has 1 aromatic heterocycles. The fourth-order valence-corrected chi connectivity index (χ4v) is 2.10. The Bertz CT molecular complexity index is 430. The van der Waals surface area contributed by atoms with Crippen LogP contribution in [0.1, 0.15) is 38.5 Å². The summed E-state index contributed by atoms with van der Waals surface area (Å²) in [4.78, 5) is 17.7. The van der Waals surface area contributed by atoms with Crippen LogP contribution in [-0.2, 0) is 0 Å². The fourth-order valence-electron chi connectivity index (χ4n) is 2.10. The molecule has 1 saturated carbocycles. The second-order valence-corrected chi connectivity index (χ2v) is 4.41. The van der Waals surface area contributed by atoms with Crippen molar-refractivity contribution in [2.45, 2.75) is 44.6 Å². The minimum atomic E-state index is -0.550. The first-order valence-electron chi connectivity index (χ1n) is 6.10. The van der Waals surface area contributed by atoms with Gasteiger partial charge in [0, 0.05) is 0 Å². The molecule has 1 aliphatic carbocycles. The predicted molar refractivity (Wildman–Crippen MR) is 65.2 cm³/mol. The van der Waals surface area contributed by atoms with E-state index in [1.54, 1.807) is 0 Å². The van der Waals surface area contributed by atoms with Crippen LogP contribution < -0.4 is 10.5 Å². The van der Waals surface area contributed by atoms with Gasteiger partial charge in [-0.1, -0.05) is 12.8 Å². The Kier molecular flexibility index (Phi) is 3.91. The molecule has 0 amide bonds. The summed E-state index contributed by atoms with van der Waals surface area (Å²) in [6.07, 6.45) is 7.43. The van der Waals surface area contributed by atoms with E-state index in [2.05, 4.69) is 9.97 Å². The molecule has 7 nitrogen and oxygen atoms in total. The van der Waals surface area contributed by atoms with Crippen LogP contribution in [-0.4, -0.2) is 21.0 Å². The number of nitrogen functional groups attached to an aromatic ring is 1. The highest BCUT2D eigenvalue weighted by Gasteiger charge is 2.22. The lowest BCUT2D eigenvalue weighted by Crippen LogP contribution is -2.17. The minimum absolute atomic E-state index is 0.00998. The Labute approximate surface area is 105 Å². The van der Waals surface area contributed by atoms with Gasteiger partial charge in [-0.15, -0.1) is 0 Å². The molecule has 0 aliphatic heterocycles. The van der Waals surface area contributed by atoms with Crippen molar-refractivity contribution in [3.63, 3.8) is 0 Å². The highest BCUT2D eigenvalue weighted by atomic mass is 16.6. The molecule has 0 radical (unpaired) electrons. The Hall–Kier alpha value is -1.92. The number of hydrogen-bond acceptors (Lipinski definition) is 6. The van der Waals surface area contributed by atoms with Gasteiger partial charge in [0.1, 0.15) is 12.3 Å². The largest absolute Gasteiger partial charge is 0.469 e. The molecular formula is C11H16N4O3. The molecule has 1 aromatic rings. The smallest absolute Gasteiger partial charge is 0.349 e. The first kappa shape index (κ1) is 12.5. The Morgan fingerprint density at radius 3 is 2.61 bits per heavy atom. The molecule has 18 heavy (non-hydrogen) atoms. The van der Waals surface area contributed by atoms with Crippen LogP contribution in [0.25, 0.3) is 0 Å². The van der Waals surface area contributed by atoms with Crippen LogP contribution in [0.2, 0.25) is 0 Å². The van der Waals surface area contributed by atoms with E-state index in [4.69, 9.17) is 10.5 Å². The normalized spacial score (nSPS) is 17.1. The van der Waals surface area contributed by atoms with E-state index in [9.17, 15) is 10.1 Å². The maximum Gasteiger partial charge on any atom is 0.349 e. The summed E-state index contributed by atoms with van der Waals surface area (Å²) in [6.45, 7) is 0. The first-order valence-corrected chi connectivity index (χ1v) is 6.10.